The quantitative estimate of drug-likeness (QED) is 0.650. The summed E-state index contributed by atoms with van der Waals surface area (Å²) in [5, 5.41) is 15.9. The number of aromatic amines is 1. The van der Waals surface area contributed by atoms with Gasteiger partial charge in [-0.3, -0.25) is 15.2 Å². The molecule has 0 bridgehead atoms. The molecule has 1 aromatic carbocycles. The Morgan fingerprint density at radius 1 is 1.14 bits per heavy atom. The molecule has 4 rings (SSSR count). The van der Waals surface area contributed by atoms with E-state index >= 15 is 0 Å². The fourth-order valence-corrected chi connectivity index (χ4v) is 3.85. The molecule has 3 amide bonds. The summed E-state index contributed by atoms with van der Waals surface area (Å²) in [6, 6.07) is 7.25. The highest BCUT2D eigenvalue weighted by molar-refractivity contribution is 5.99. The first-order chi connectivity index (χ1) is 13.6. The second-order valence-corrected chi connectivity index (χ2v) is 7.36. The number of aromatic nitrogens is 2. The zero-order valence-corrected chi connectivity index (χ0v) is 15.9. The Morgan fingerprint density at radius 2 is 1.89 bits per heavy atom. The van der Waals surface area contributed by atoms with Gasteiger partial charge in [0.15, 0.2) is 5.82 Å². The molecule has 2 fully saturated rings. The number of hydrogen-bond acceptors (Lipinski definition) is 4. The smallest absolute Gasteiger partial charge is 0.324 e. The lowest BCUT2D eigenvalue weighted by Gasteiger charge is -2.21. The summed E-state index contributed by atoms with van der Waals surface area (Å²) in [4.78, 5) is 23.7. The molecule has 2 aliphatic heterocycles. The van der Waals surface area contributed by atoms with Crippen LogP contribution in [0.25, 0.3) is 0 Å². The summed E-state index contributed by atoms with van der Waals surface area (Å²) in [7, 11) is 0. The minimum absolute atomic E-state index is 0.0608. The van der Waals surface area contributed by atoms with E-state index in [0.29, 0.717) is 23.8 Å². The molecule has 2 aliphatic rings. The van der Waals surface area contributed by atoms with Crippen LogP contribution in [-0.2, 0) is 9.53 Å². The van der Waals surface area contributed by atoms with Crippen LogP contribution in [0.4, 0.5) is 16.3 Å². The number of urea groups is 1. The van der Waals surface area contributed by atoms with Crippen molar-refractivity contribution < 1.29 is 14.3 Å². The predicted molar refractivity (Wildman–Crippen MR) is 105 cm³/mol. The van der Waals surface area contributed by atoms with Crippen molar-refractivity contribution in [2.45, 2.75) is 44.6 Å². The van der Waals surface area contributed by atoms with Gasteiger partial charge in [0.25, 0.3) is 0 Å². The number of ether oxygens (including phenoxy) is 1. The summed E-state index contributed by atoms with van der Waals surface area (Å²) < 4.78 is 5.41. The highest BCUT2D eigenvalue weighted by Gasteiger charge is 2.23. The Bertz CT molecular complexity index is 855. The molecule has 1 unspecified atom stereocenters. The molecule has 1 atom stereocenters. The van der Waals surface area contributed by atoms with E-state index in [1.807, 2.05) is 31.2 Å². The number of H-pyrrole nitrogens is 1. The van der Waals surface area contributed by atoms with E-state index in [0.717, 1.165) is 49.3 Å². The van der Waals surface area contributed by atoms with Crippen LogP contribution in [0, 0.1) is 6.92 Å². The van der Waals surface area contributed by atoms with Crippen molar-refractivity contribution in [1.82, 2.24) is 15.5 Å². The van der Waals surface area contributed by atoms with Gasteiger partial charge in [0.1, 0.15) is 0 Å². The molecule has 0 aliphatic carbocycles. The third-order valence-electron chi connectivity index (χ3n) is 5.48. The van der Waals surface area contributed by atoms with Crippen LogP contribution >= 0.6 is 0 Å². The molecular weight excluding hydrogens is 358 g/mol. The molecule has 0 radical (unpaired) electrons. The van der Waals surface area contributed by atoms with E-state index in [1.54, 1.807) is 0 Å². The molecule has 2 aromatic rings. The number of rotatable bonds is 4. The number of nitrogens with one attached hydrogen (secondary N) is 4. The maximum atomic E-state index is 12.4. The van der Waals surface area contributed by atoms with Crippen molar-refractivity contribution >= 4 is 23.4 Å². The molecule has 1 aromatic heterocycles. The zero-order chi connectivity index (χ0) is 19.5. The van der Waals surface area contributed by atoms with Gasteiger partial charge < -0.3 is 15.4 Å². The van der Waals surface area contributed by atoms with Gasteiger partial charge in [-0.2, -0.15) is 5.10 Å². The monoisotopic (exact) mass is 383 g/mol. The Hall–Kier alpha value is -2.87. The average molecular weight is 383 g/mol. The van der Waals surface area contributed by atoms with Crippen molar-refractivity contribution in [2.24, 2.45) is 0 Å². The van der Waals surface area contributed by atoms with Gasteiger partial charge in [0.05, 0.1) is 6.04 Å². The van der Waals surface area contributed by atoms with Crippen LogP contribution in [0.3, 0.4) is 0 Å². The number of nitrogens with zero attached hydrogens (tertiary/aromatic N) is 1. The van der Waals surface area contributed by atoms with Gasteiger partial charge in [0, 0.05) is 42.5 Å². The Morgan fingerprint density at radius 3 is 2.57 bits per heavy atom. The lowest BCUT2D eigenvalue weighted by molar-refractivity contribution is -0.119. The number of carbonyl (C=O) groups is 2. The molecule has 3 heterocycles. The minimum Gasteiger partial charge on any atom is -0.381 e. The van der Waals surface area contributed by atoms with Crippen molar-refractivity contribution in [1.29, 1.82) is 0 Å². The number of anilines is 2. The Kier molecular flexibility index (Phi) is 5.29. The third kappa shape index (κ3) is 4.01. The molecule has 2 saturated heterocycles. The second-order valence-electron chi connectivity index (χ2n) is 7.36. The van der Waals surface area contributed by atoms with Gasteiger partial charge in [-0.1, -0.05) is 12.1 Å². The molecule has 8 nitrogen and oxygen atoms in total. The maximum absolute atomic E-state index is 12.4. The standard InChI is InChI=1S/C20H25N5O3/c1-12-18(14-8-10-28-11-9-14)24-25-19(12)23-20(27)21-15-4-2-13(3-5-15)16-6-7-17(26)22-16/h2-5,14,16H,6-11H2,1H3,(H,22,26)(H3,21,23,24,25,27). The van der Waals surface area contributed by atoms with Gasteiger partial charge in [-0.15, -0.1) is 0 Å². The Labute approximate surface area is 163 Å². The average Bonchev–Trinajstić information content (AvgIpc) is 3.29. The highest BCUT2D eigenvalue weighted by Crippen LogP contribution is 2.30. The topological polar surface area (TPSA) is 108 Å². The van der Waals surface area contributed by atoms with Gasteiger partial charge in [-0.25, -0.2) is 4.79 Å². The molecule has 4 N–H and O–H groups in total. The lowest BCUT2D eigenvalue weighted by atomic mass is 9.94. The fraction of sp³-hybridized carbons (Fsp3) is 0.450. The molecular formula is C20H25N5O3. The van der Waals surface area contributed by atoms with Crippen LogP contribution in [0.15, 0.2) is 24.3 Å². The van der Waals surface area contributed by atoms with E-state index in [9.17, 15) is 9.59 Å². The molecule has 28 heavy (non-hydrogen) atoms. The van der Waals surface area contributed by atoms with E-state index in [-0.39, 0.29) is 18.0 Å². The van der Waals surface area contributed by atoms with E-state index in [1.165, 1.54) is 0 Å². The molecule has 0 saturated carbocycles. The number of amides is 3. The van der Waals surface area contributed by atoms with Crippen LogP contribution in [0.2, 0.25) is 0 Å². The number of benzene rings is 1. The van der Waals surface area contributed by atoms with Crippen molar-refractivity contribution in [3.05, 3.63) is 41.1 Å². The third-order valence-corrected chi connectivity index (χ3v) is 5.48. The first kappa shape index (κ1) is 18.5. The first-order valence-electron chi connectivity index (χ1n) is 9.70. The van der Waals surface area contributed by atoms with Gasteiger partial charge in [0.2, 0.25) is 5.91 Å². The first-order valence-corrected chi connectivity index (χ1v) is 9.70. The normalized spacial score (nSPS) is 20.0. The van der Waals surface area contributed by atoms with Crippen molar-refractivity contribution in [2.75, 3.05) is 23.8 Å². The largest absolute Gasteiger partial charge is 0.381 e. The van der Waals surface area contributed by atoms with Crippen LogP contribution < -0.4 is 16.0 Å². The molecule has 0 spiro atoms. The van der Waals surface area contributed by atoms with Crippen molar-refractivity contribution in [3.63, 3.8) is 0 Å². The van der Waals surface area contributed by atoms with Crippen LogP contribution in [-0.4, -0.2) is 35.3 Å². The van der Waals surface area contributed by atoms with E-state index < -0.39 is 0 Å². The number of hydrogen-bond donors (Lipinski definition) is 4. The van der Waals surface area contributed by atoms with Crippen LogP contribution in [0.5, 0.6) is 0 Å². The summed E-state index contributed by atoms with van der Waals surface area (Å²) in [5.74, 6) is 1.02. The number of carbonyl (C=O) groups excluding carboxylic acids is 2. The maximum Gasteiger partial charge on any atom is 0.324 e. The summed E-state index contributed by atoms with van der Waals surface area (Å²) in [6.07, 6.45) is 3.29. The van der Waals surface area contributed by atoms with Crippen LogP contribution in [0.1, 0.15) is 54.5 Å². The van der Waals surface area contributed by atoms with Gasteiger partial charge >= 0.3 is 6.03 Å². The lowest BCUT2D eigenvalue weighted by Crippen LogP contribution is -2.20. The second kappa shape index (κ2) is 8.02. The minimum atomic E-state index is -0.338. The summed E-state index contributed by atoms with van der Waals surface area (Å²) in [5.41, 5.74) is 3.76. The van der Waals surface area contributed by atoms with E-state index in [2.05, 4.69) is 26.1 Å². The Balaban J connectivity index is 1.35. The molecule has 148 valence electrons. The SMILES string of the molecule is Cc1c(NC(=O)Nc2ccc(C3CCC(=O)N3)cc2)n[nH]c1C1CCOCC1. The predicted octanol–water partition coefficient (Wildman–Crippen LogP) is 3.21. The van der Waals surface area contributed by atoms with Crippen molar-refractivity contribution in [3.8, 4) is 0 Å². The molecule has 8 heteroatoms. The van der Waals surface area contributed by atoms with E-state index in [4.69, 9.17) is 4.74 Å². The highest BCUT2D eigenvalue weighted by atomic mass is 16.5. The zero-order valence-electron chi connectivity index (χ0n) is 15.9. The van der Waals surface area contributed by atoms with Gasteiger partial charge in [-0.05, 0) is 43.9 Å². The fourth-order valence-electron chi connectivity index (χ4n) is 3.85. The summed E-state index contributed by atoms with van der Waals surface area (Å²) >= 11 is 0. The summed E-state index contributed by atoms with van der Waals surface area (Å²) in [6.45, 7) is 3.48.